The minimum atomic E-state index is -0.695. The van der Waals surface area contributed by atoms with Crippen LogP contribution in [0.15, 0.2) is 36.5 Å². The van der Waals surface area contributed by atoms with Crippen molar-refractivity contribution < 1.29 is 4.79 Å². The van der Waals surface area contributed by atoms with Crippen LogP contribution >= 0.6 is 12.2 Å². The SMILES string of the molecule is CNC(=S)C1(c2cnc3ccccc3c2)CCCCC1=O. The van der Waals surface area contributed by atoms with Gasteiger partial charge >= 0.3 is 0 Å². The number of carbonyl (C=O) groups excluding carboxylic acids is 1. The van der Waals surface area contributed by atoms with Crippen LogP contribution in [0.25, 0.3) is 10.9 Å². The number of thiocarbonyl (C=S) groups is 1. The van der Waals surface area contributed by atoms with Crippen molar-refractivity contribution in [3.63, 3.8) is 0 Å². The first-order chi connectivity index (χ1) is 10.2. The van der Waals surface area contributed by atoms with Crippen LogP contribution in [0.1, 0.15) is 31.2 Å². The Morgan fingerprint density at radius 2 is 2.14 bits per heavy atom. The second-order valence-electron chi connectivity index (χ2n) is 5.53. The van der Waals surface area contributed by atoms with Gasteiger partial charge < -0.3 is 5.32 Å². The van der Waals surface area contributed by atoms with E-state index in [0.29, 0.717) is 11.4 Å². The zero-order chi connectivity index (χ0) is 14.9. The van der Waals surface area contributed by atoms with Gasteiger partial charge in [0.2, 0.25) is 0 Å². The Labute approximate surface area is 129 Å². The van der Waals surface area contributed by atoms with Crippen molar-refractivity contribution in [2.75, 3.05) is 7.05 Å². The number of ketones is 1. The number of nitrogens with one attached hydrogen (secondary N) is 1. The number of nitrogens with zero attached hydrogens (tertiary/aromatic N) is 1. The topological polar surface area (TPSA) is 42.0 Å². The van der Waals surface area contributed by atoms with Crippen LogP contribution in [0, 0.1) is 0 Å². The van der Waals surface area contributed by atoms with E-state index in [1.165, 1.54) is 0 Å². The number of para-hydroxylation sites is 1. The Bertz CT molecular complexity index is 703. The van der Waals surface area contributed by atoms with Crippen LogP contribution in [-0.2, 0) is 10.2 Å². The molecule has 0 amide bonds. The maximum absolute atomic E-state index is 12.7. The van der Waals surface area contributed by atoms with Gasteiger partial charge in [-0.25, -0.2) is 0 Å². The number of benzene rings is 1. The van der Waals surface area contributed by atoms with E-state index in [-0.39, 0.29) is 5.78 Å². The van der Waals surface area contributed by atoms with Crippen LogP contribution < -0.4 is 5.32 Å². The van der Waals surface area contributed by atoms with Gasteiger partial charge in [-0.05, 0) is 30.5 Å². The fourth-order valence-electron chi connectivity index (χ4n) is 3.22. The first-order valence-corrected chi connectivity index (χ1v) is 7.70. The highest BCUT2D eigenvalue weighted by Crippen LogP contribution is 2.38. The Morgan fingerprint density at radius 3 is 2.90 bits per heavy atom. The largest absolute Gasteiger partial charge is 0.382 e. The molecular weight excluding hydrogens is 280 g/mol. The lowest BCUT2D eigenvalue weighted by atomic mass is 9.68. The predicted molar refractivity (Wildman–Crippen MR) is 88.6 cm³/mol. The summed E-state index contributed by atoms with van der Waals surface area (Å²) >= 11 is 5.51. The van der Waals surface area contributed by atoms with Crippen molar-refractivity contribution in [2.24, 2.45) is 0 Å². The monoisotopic (exact) mass is 298 g/mol. The number of Topliss-reactive ketones (excluding diaryl/α,β-unsaturated/α-hetero) is 1. The van der Waals surface area contributed by atoms with Gasteiger partial charge in [0.25, 0.3) is 0 Å². The molecule has 108 valence electrons. The number of hydrogen-bond acceptors (Lipinski definition) is 3. The average molecular weight is 298 g/mol. The van der Waals surface area contributed by atoms with Gasteiger partial charge in [0, 0.05) is 25.1 Å². The molecule has 0 bridgehead atoms. The Hall–Kier alpha value is -1.81. The third-order valence-electron chi connectivity index (χ3n) is 4.38. The lowest BCUT2D eigenvalue weighted by Crippen LogP contribution is -2.49. The third-order valence-corrected chi connectivity index (χ3v) is 4.93. The van der Waals surface area contributed by atoms with Gasteiger partial charge in [-0.15, -0.1) is 0 Å². The number of likely N-dealkylation sites (N-methyl/N-ethyl adjacent to an activating group) is 1. The molecular formula is C17H18N2OS. The normalized spacial score (nSPS) is 22.2. The van der Waals surface area contributed by atoms with Crippen molar-refractivity contribution in [3.8, 4) is 0 Å². The summed E-state index contributed by atoms with van der Waals surface area (Å²) in [5, 5.41) is 4.08. The van der Waals surface area contributed by atoms with E-state index in [2.05, 4.69) is 16.4 Å². The van der Waals surface area contributed by atoms with Gasteiger partial charge in [-0.3, -0.25) is 9.78 Å². The highest BCUT2D eigenvalue weighted by atomic mass is 32.1. The van der Waals surface area contributed by atoms with E-state index in [0.717, 1.165) is 35.7 Å². The molecule has 1 fully saturated rings. The van der Waals surface area contributed by atoms with E-state index in [9.17, 15) is 4.79 Å². The van der Waals surface area contributed by atoms with E-state index in [4.69, 9.17) is 12.2 Å². The molecule has 1 atom stereocenters. The molecule has 1 aromatic heterocycles. The first kappa shape index (κ1) is 14.1. The summed E-state index contributed by atoms with van der Waals surface area (Å²) in [5.74, 6) is 0.213. The van der Waals surface area contributed by atoms with Crippen molar-refractivity contribution >= 4 is 33.9 Å². The highest BCUT2D eigenvalue weighted by molar-refractivity contribution is 7.80. The van der Waals surface area contributed by atoms with Crippen LogP contribution in [0.4, 0.5) is 0 Å². The number of rotatable bonds is 2. The zero-order valence-corrected chi connectivity index (χ0v) is 12.9. The van der Waals surface area contributed by atoms with Crippen molar-refractivity contribution in [3.05, 3.63) is 42.1 Å². The molecule has 3 nitrogen and oxygen atoms in total. The number of pyridine rings is 1. The fraction of sp³-hybridized carbons (Fsp3) is 0.353. The molecule has 1 N–H and O–H groups in total. The van der Waals surface area contributed by atoms with E-state index in [1.54, 1.807) is 7.05 Å². The van der Waals surface area contributed by atoms with Crippen molar-refractivity contribution in [1.82, 2.24) is 10.3 Å². The van der Waals surface area contributed by atoms with Gasteiger partial charge in [-0.2, -0.15) is 0 Å². The first-order valence-electron chi connectivity index (χ1n) is 7.29. The standard InChI is InChI=1S/C17H18N2OS/c1-18-16(21)17(9-5-4-8-15(17)20)13-10-12-6-2-3-7-14(12)19-11-13/h2-3,6-7,10-11H,4-5,8-9H2,1H3,(H,18,21). The van der Waals surface area contributed by atoms with Crippen LogP contribution in [0.2, 0.25) is 0 Å². The minimum absolute atomic E-state index is 0.213. The van der Waals surface area contributed by atoms with E-state index in [1.807, 2.05) is 30.5 Å². The summed E-state index contributed by atoms with van der Waals surface area (Å²) in [6.07, 6.45) is 5.14. The molecule has 21 heavy (non-hydrogen) atoms. The van der Waals surface area contributed by atoms with Crippen molar-refractivity contribution in [1.29, 1.82) is 0 Å². The number of aromatic nitrogens is 1. The van der Waals surface area contributed by atoms with Gasteiger partial charge in [0.1, 0.15) is 11.2 Å². The lowest BCUT2D eigenvalue weighted by Gasteiger charge is -2.36. The molecule has 3 rings (SSSR count). The summed E-state index contributed by atoms with van der Waals surface area (Å²) in [4.78, 5) is 17.8. The number of carbonyl (C=O) groups is 1. The van der Waals surface area contributed by atoms with Gasteiger partial charge in [-0.1, -0.05) is 36.8 Å². The van der Waals surface area contributed by atoms with Crippen LogP contribution in [0.5, 0.6) is 0 Å². The zero-order valence-electron chi connectivity index (χ0n) is 12.1. The molecule has 1 saturated carbocycles. The highest BCUT2D eigenvalue weighted by Gasteiger charge is 2.45. The Kier molecular flexibility index (Phi) is 3.72. The molecule has 1 aliphatic rings. The third kappa shape index (κ3) is 2.23. The molecule has 1 aromatic carbocycles. The molecule has 0 saturated heterocycles. The average Bonchev–Trinajstić information content (AvgIpc) is 2.54. The maximum atomic E-state index is 12.7. The maximum Gasteiger partial charge on any atom is 0.150 e. The molecule has 0 radical (unpaired) electrons. The fourth-order valence-corrected chi connectivity index (χ4v) is 3.56. The Morgan fingerprint density at radius 1 is 1.33 bits per heavy atom. The predicted octanol–water partition coefficient (Wildman–Crippen LogP) is 3.16. The summed E-state index contributed by atoms with van der Waals surface area (Å²) in [6.45, 7) is 0. The van der Waals surface area contributed by atoms with Crippen LogP contribution in [-0.4, -0.2) is 22.8 Å². The molecule has 0 aliphatic heterocycles. The molecule has 1 unspecified atom stereocenters. The van der Waals surface area contributed by atoms with Crippen molar-refractivity contribution in [2.45, 2.75) is 31.1 Å². The van der Waals surface area contributed by atoms with E-state index >= 15 is 0 Å². The number of hydrogen-bond donors (Lipinski definition) is 1. The van der Waals surface area contributed by atoms with Gasteiger partial charge in [0.05, 0.1) is 10.5 Å². The second kappa shape index (κ2) is 5.53. The minimum Gasteiger partial charge on any atom is -0.382 e. The quantitative estimate of drug-likeness (QED) is 0.865. The van der Waals surface area contributed by atoms with Crippen LogP contribution in [0.3, 0.4) is 0 Å². The molecule has 1 heterocycles. The molecule has 0 spiro atoms. The molecule has 2 aromatic rings. The lowest BCUT2D eigenvalue weighted by molar-refractivity contribution is -0.123. The second-order valence-corrected chi connectivity index (χ2v) is 5.94. The Balaban J connectivity index is 2.18. The summed E-state index contributed by atoms with van der Waals surface area (Å²) in [6, 6.07) is 10.0. The van der Waals surface area contributed by atoms with Gasteiger partial charge in [0.15, 0.2) is 0 Å². The number of fused-ring (bicyclic) bond motifs is 1. The molecule has 1 aliphatic carbocycles. The smallest absolute Gasteiger partial charge is 0.150 e. The summed E-state index contributed by atoms with van der Waals surface area (Å²) < 4.78 is 0. The summed E-state index contributed by atoms with van der Waals surface area (Å²) in [7, 11) is 1.79. The van der Waals surface area contributed by atoms with E-state index < -0.39 is 5.41 Å². The molecule has 4 heteroatoms. The summed E-state index contributed by atoms with van der Waals surface area (Å²) in [5.41, 5.74) is 1.17.